The number of nitrogens with one attached hydrogen (secondary N) is 3. The standard InChI is InChI=1S/C24H24ClF2N5O2/c1-13(26)24(33)32-21-9-17-20(10-22(21)34-14(2)15-4-3-7-28-11-15)29-12-30-23(17)31-16-5-6-19(27)18(25)8-16/h5-6,8-10,12,14-15,28H,1,3-4,7,11H2,2H3,(H,32,33)(H,29,30,31). The largest absolute Gasteiger partial charge is 0.488 e. The lowest BCUT2D eigenvalue weighted by Gasteiger charge is -2.29. The molecule has 0 bridgehead atoms. The third-order valence-electron chi connectivity index (χ3n) is 5.73. The lowest BCUT2D eigenvalue weighted by molar-refractivity contribution is -0.114. The smallest absolute Gasteiger partial charge is 0.283 e. The molecule has 3 N–H and O–H groups in total. The Morgan fingerprint density at radius 3 is 2.85 bits per heavy atom. The summed E-state index contributed by atoms with van der Waals surface area (Å²) in [6.45, 7) is 6.83. The molecule has 2 aromatic carbocycles. The second-order valence-corrected chi connectivity index (χ2v) is 8.54. The van der Waals surface area contributed by atoms with Crippen molar-refractivity contribution in [3.05, 3.63) is 59.9 Å². The number of aromatic nitrogens is 2. The van der Waals surface area contributed by atoms with Crippen LogP contribution in [-0.2, 0) is 4.79 Å². The van der Waals surface area contributed by atoms with Crippen LogP contribution >= 0.6 is 11.6 Å². The van der Waals surface area contributed by atoms with Crippen molar-refractivity contribution in [2.24, 2.45) is 5.92 Å². The molecule has 1 saturated heterocycles. The minimum absolute atomic E-state index is 0.0420. The molecule has 2 unspecified atom stereocenters. The van der Waals surface area contributed by atoms with E-state index >= 15 is 0 Å². The number of rotatable bonds is 7. The van der Waals surface area contributed by atoms with E-state index in [1.54, 1.807) is 12.1 Å². The number of fused-ring (bicyclic) bond motifs is 1. The maximum Gasteiger partial charge on any atom is 0.283 e. The fourth-order valence-electron chi connectivity index (χ4n) is 3.86. The van der Waals surface area contributed by atoms with Crippen LogP contribution in [0.2, 0.25) is 5.02 Å². The number of nitrogens with zero attached hydrogens (tertiary/aromatic N) is 2. The first kappa shape index (κ1) is 23.8. The van der Waals surface area contributed by atoms with Crippen molar-refractivity contribution in [2.75, 3.05) is 23.7 Å². The predicted octanol–water partition coefficient (Wildman–Crippen LogP) is 5.35. The SMILES string of the molecule is C=C(F)C(=O)Nc1cc2c(Nc3ccc(F)c(Cl)c3)ncnc2cc1OC(C)C1CCCNC1. The van der Waals surface area contributed by atoms with Crippen LogP contribution in [0.1, 0.15) is 19.8 Å². The van der Waals surface area contributed by atoms with E-state index in [4.69, 9.17) is 16.3 Å². The average Bonchev–Trinajstić information content (AvgIpc) is 2.82. The number of benzene rings is 2. The number of hydrogen-bond donors (Lipinski definition) is 3. The Morgan fingerprint density at radius 2 is 2.15 bits per heavy atom. The van der Waals surface area contributed by atoms with Gasteiger partial charge in [0.05, 0.1) is 16.2 Å². The normalized spacial score (nSPS) is 16.6. The van der Waals surface area contributed by atoms with Gasteiger partial charge in [0, 0.05) is 29.6 Å². The second-order valence-electron chi connectivity index (χ2n) is 8.13. The third kappa shape index (κ3) is 5.43. The van der Waals surface area contributed by atoms with Gasteiger partial charge >= 0.3 is 0 Å². The van der Waals surface area contributed by atoms with Gasteiger partial charge in [0.2, 0.25) is 0 Å². The van der Waals surface area contributed by atoms with Gasteiger partial charge in [0.25, 0.3) is 5.91 Å². The number of hydrogen-bond acceptors (Lipinski definition) is 6. The zero-order chi connectivity index (χ0) is 24.2. The Bertz CT molecular complexity index is 1230. The Morgan fingerprint density at radius 1 is 1.32 bits per heavy atom. The molecule has 0 radical (unpaired) electrons. The Kier molecular flexibility index (Phi) is 7.23. The van der Waals surface area contributed by atoms with Crippen LogP contribution in [0.15, 0.2) is 49.1 Å². The number of halogens is 3. The van der Waals surface area contributed by atoms with Crippen LogP contribution in [0.4, 0.5) is 26.0 Å². The summed E-state index contributed by atoms with van der Waals surface area (Å²) in [4.78, 5) is 20.7. The van der Waals surface area contributed by atoms with Crippen molar-refractivity contribution in [2.45, 2.75) is 25.9 Å². The third-order valence-corrected chi connectivity index (χ3v) is 6.01. The molecule has 34 heavy (non-hydrogen) atoms. The van der Waals surface area contributed by atoms with Crippen LogP contribution < -0.4 is 20.7 Å². The minimum atomic E-state index is -1.13. The van der Waals surface area contributed by atoms with Gasteiger partial charge in [-0.25, -0.2) is 18.7 Å². The zero-order valence-corrected chi connectivity index (χ0v) is 19.3. The highest BCUT2D eigenvalue weighted by molar-refractivity contribution is 6.31. The molecule has 0 saturated carbocycles. The number of amides is 1. The number of anilines is 3. The van der Waals surface area contributed by atoms with Crippen molar-refractivity contribution in [3.8, 4) is 5.75 Å². The highest BCUT2D eigenvalue weighted by Gasteiger charge is 2.23. The second kappa shape index (κ2) is 10.3. The summed E-state index contributed by atoms with van der Waals surface area (Å²) in [5, 5.41) is 9.43. The highest BCUT2D eigenvalue weighted by Crippen LogP contribution is 2.35. The fraction of sp³-hybridized carbons (Fsp3) is 0.292. The molecular weight excluding hydrogens is 464 g/mol. The van der Waals surface area contributed by atoms with Crippen LogP contribution in [0.3, 0.4) is 0 Å². The molecule has 10 heteroatoms. The van der Waals surface area contributed by atoms with Crippen molar-refractivity contribution in [1.29, 1.82) is 0 Å². The molecule has 0 spiro atoms. The van der Waals surface area contributed by atoms with E-state index in [1.807, 2.05) is 6.92 Å². The molecule has 178 valence electrons. The number of piperidine rings is 1. The predicted molar refractivity (Wildman–Crippen MR) is 129 cm³/mol. The summed E-state index contributed by atoms with van der Waals surface area (Å²) in [5.74, 6) is -1.62. The molecule has 1 aliphatic heterocycles. The first-order valence-electron chi connectivity index (χ1n) is 10.9. The lowest BCUT2D eigenvalue weighted by atomic mass is 9.94. The molecule has 1 aromatic heterocycles. The number of carbonyl (C=O) groups excluding carboxylic acids is 1. The van der Waals surface area contributed by atoms with Gasteiger partial charge in [-0.05, 0) is 50.6 Å². The Labute approximate surface area is 200 Å². The van der Waals surface area contributed by atoms with Crippen LogP contribution in [0, 0.1) is 11.7 Å². The van der Waals surface area contributed by atoms with E-state index in [1.165, 1.54) is 24.5 Å². The van der Waals surface area contributed by atoms with Gasteiger partial charge in [-0.1, -0.05) is 18.2 Å². The van der Waals surface area contributed by atoms with Gasteiger partial charge in [0.15, 0.2) is 5.83 Å². The van der Waals surface area contributed by atoms with Crippen molar-refractivity contribution in [1.82, 2.24) is 15.3 Å². The topological polar surface area (TPSA) is 88.2 Å². The molecule has 1 aliphatic rings. The summed E-state index contributed by atoms with van der Waals surface area (Å²) in [6.07, 6.45) is 3.28. The quantitative estimate of drug-likeness (QED) is 0.389. The molecule has 2 atom stereocenters. The summed E-state index contributed by atoms with van der Waals surface area (Å²) in [6, 6.07) is 7.45. The van der Waals surface area contributed by atoms with E-state index in [-0.39, 0.29) is 22.7 Å². The summed E-state index contributed by atoms with van der Waals surface area (Å²) in [5.41, 5.74) is 1.29. The monoisotopic (exact) mass is 487 g/mol. The van der Waals surface area contributed by atoms with Crippen molar-refractivity contribution < 1.29 is 18.3 Å². The van der Waals surface area contributed by atoms with Crippen molar-refractivity contribution >= 4 is 45.6 Å². The van der Waals surface area contributed by atoms with Crippen LogP contribution in [-0.4, -0.2) is 35.1 Å². The molecule has 4 rings (SSSR count). The van der Waals surface area contributed by atoms with E-state index in [0.29, 0.717) is 28.2 Å². The zero-order valence-electron chi connectivity index (χ0n) is 18.5. The summed E-state index contributed by atoms with van der Waals surface area (Å²) < 4.78 is 33.2. The molecule has 1 fully saturated rings. The molecular formula is C24H24ClF2N5O2. The molecule has 2 heterocycles. The van der Waals surface area contributed by atoms with E-state index in [2.05, 4.69) is 32.5 Å². The molecule has 1 amide bonds. The molecule has 7 nitrogen and oxygen atoms in total. The Balaban J connectivity index is 1.71. The maximum absolute atomic E-state index is 13.5. The molecule has 0 aliphatic carbocycles. The van der Waals surface area contributed by atoms with Gasteiger partial charge in [0.1, 0.15) is 29.8 Å². The van der Waals surface area contributed by atoms with E-state index in [9.17, 15) is 13.6 Å². The number of ether oxygens (including phenoxy) is 1. The first-order chi connectivity index (χ1) is 16.3. The first-order valence-corrected chi connectivity index (χ1v) is 11.2. The van der Waals surface area contributed by atoms with Gasteiger partial charge < -0.3 is 20.7 Å². The van der Waals surface area contributed by atoms with Gasteiger partial charge in [-0.2, -0.15) is 0 Å². The fourth-order valence-corrected chi connectivity index (χ4v) is 4.04. The lowest BCUT2D eigenvalue weighted by Crippen LogP contribution is -2.38. The van der Waals surface area contributed by atoms with Crippen LogP contribution in [0.25, 0.3) is 10.9 Å². The molecule has 3 aromatic rings. The number of carbonyl (C=O) groups is 1. The van der Waals surface area contributed by atoms with Crippen molar-refractivity contribution in [3.63, 3.8) is 0 Å². The highest BCUT2D eigenvalue weighted by atomic mass is 35.5. The summed E-state index contributed by atoms with van der Waals surface area (Å²) >= 11 is 5.88. The minimum Gasteiger partial charge on any atom is -0.488 e. The van der Waals surface area contributed by atoms with Gasteiger partial charge in [-0.3, -0.25) is 4.79 Å². The average molecular weight is 488 g/mol. The van der Waals surface area contributed by atoms with Crippen LogP contribution in [0.5, 0.6) is 5.75 Å². The maximum atomic E-state index is 13.5. The van der Waals surface area contributed by atoms with E-state index < -0.39 is 17.6 Å². The van der Waals surface area contributed by atoms with Gasteiger partial charge in [-0.15, -0.1) is 0 Å². The van der Waals surface area contributed by atoms with E-state index in [0.717, 1.165) is 25.9 Å². The Hall–Kier alpha value is -3.30. The summed E-state index contributed by atoms with van der Waals surface area (Å²) in [7, 11) is 0.